The van der Waals surface area contributed by atoms with Crippen molar-refractivity contribution in [3.63, 3.8) is 0 Å². The average Bonchev–Trinajstić information content (AvgIpc) is 2.39. The van der Waals surface area contributed by atoms with Gasteiger partial charge in [-0.2, -0.15) is 0 Å². The van der Waals surface area contributed by atoms with Crippen molar-refractivity contribution in [1.82, 2.24) is 5.32 Å². The number of rotatable bonds is 5. The van der Waals surface area contributed by atoms with Crippen LogP contribution in [0.2, 0.25) is 0 Å². The van der Waals surface area contributed by atoms with E-state index in [1.807, 2.05) is 13.0 Å². The quantitative estimate of drug-likeness (QED) is 0.876. The van der Waals surface area contributed by atoms with Crippen LogP contribution in [0.25, 0.3) is 0 Å². The van der Waals surface area contributed by atoms with E-state index >= 15 is 0 Å². The fraction of sp³-hybridized carbons (Fsp3) is 0.647. The Hall–Kier alpha value is -1.13. The van der Waals surface area contributed by atoms with Crippen LogP contribution in [-0.2, 0) is 6.54 Å². The van der Waals surface area contributed by atoms with Gasteiger partial charge in [0.2, 0.25) is 0 Å². The molecule has 0 unspecified atom stereocenters. The van der Waals surface area contributed by atoms with E-state index < -0.39 is 5.60 Å². The lowest BCUT2D eigenvalue weighted by atomic mass is 9.93. The van der Waals surface area contributed by atoms with E-state index in [0.717, 1.165) is 43.7 Å². The number of nitrogens with zero attached hydrogens (tertiary/aromatic N) is 1. The van der Waals surface area contributed by atoms with Gasteiger partial charge in [0.1, 0.15) is 5.82 Å². The molecule has 118 valence electrons. The van der Waals surface area contributed by atoms with Gasteiger partial charge >= 0.3 is 0 Å². The van der Waals surface area contributed by atoms with Crippen molar-refractivity contribution in [1.29, 1.82) is 0 Å². The molecule has 0 bridgehead atoms. The van der Waals surface area contributed by atoms with Gasteiger partial charge in [-0.25, -0.2) is 4.39 Å². The van der Waals surface area contributed by atoms with Crippen LogP contribution in [0, 0.1) is 11.7 Å². The molecule has 1 saturated heterocycles. The maximum absolute atomic E-state index is 13.5. The van der Waals surface area contributed by atoms with Gasteiger partial charge in [-0.1, -0.05) is 13.8 Å². The minimum absolute atomic E-state index is 0.191. The van der Waals surface area contributed by atoms with Crippen molar-refractivity contribution < 1.29 is 9.50 Å². The molecular formula is C17H27FN2O. The third-order valence-electron chi connectivity index (χ3n) is 4.09. The Bertz CT molecular complexity index is 464. The Morgan fingerprint density at radius 3 is 2.62 bits per heavy atom. The number of anilines is 1. The minimum atomic E-state index is -0.563. The van der Waals surface area contributed by atoms with E-state index in [1.54, 1.807) is 6.07 Å². The average molecular weight is 294 g/mol. The molecule has 0 atom stereocenters. The summed E-state index contributed by atoms with van der Waals surface area (Å²) in [7, 11) is 0. The van der Waals surface area contributed by atoms with Gasteiger partial charge in [0.25, 0.3) is 0 Å². The molecule has 1 aromatic carbocycles. The van der Waals surface area contributed by atoms with Crippen molar-refractivity contribution in [2.24, 2.45) is 5.92 Å². The van der Waals surface area contributed by atoms with Crippen LogP contribution in [0.4, 0.5) is 10.1 Å². The van der Waals surface area contributed by atoms with Crippen molar-refractivity contribution in [3.05, 3.63) is 29.6 Å². The monoisotopic (exact) mass is 294 g/mol. The van der Waals surface area contributed by atoms with Crippen molar-refractivity contribution in [2.75, 3.05) is 24.5 Å². The van der Waals surface area contributed by atoms with E-state index in [0.29, 0.717) is 12.5 Å². The van der Waals surface area contributed by atoms with Gasteiger partial charge in [0.05, 0.1) is 5.60 Å². The molecule has 0 radical (unpaired) electrons. The van der Waals surface area contributed by atoms with E-state index in [9.17, 15) is 9.50 Å². The molecule has 2 N–H and O–H groups in total. The molecule has 1 fully saturated rings. The summed E-state index contributed by atoms with van der Waals surface area (Å²) in [5.41, 5.74) is 1.52. The number of benzene rings is 1. The molecule has 4 heteroatoms. The molecule has 0 aliphatic carbocycles. The zero-order valence-corrected chi connectivity index (χ0v) is 13.3. The SMILES string of the molecule is CC(C)CNCc1cc(F)ccc1N1CCC(C)(O)CC1. The maximum Gasteiger partial charge on any atom is 0.123 e. The first kappa shape index (κ1) is 16.2. The second-order valence-corrected chi connectivity index (χ2v) is 6.78. The van der Waals surface area contributed by atoms with E-state index in [-0.39, 0.29) is 5.82 Å². The standard InChI is InChI=1S/C17H27FN2O/c1-13(2)11-19-12-14-10-15(18)4-5-16(14)20-8-6-17(3,21)7-9-20/h4-5,10,13,19,21H,6-9,11-12H2,1-3H3. The predicted molar refractivity (Wildman–Crippen MR) is 85.0 cm³/mol. The highest BCUT2D eigenvalue weighted by molar-refractivity contribution is 5.54. The molecule has 1 aromatic rings. The van der Waals surface area contributed by atoms with Crippen LogP contribution in [0.1, 0.15) is 39.2 Å². The van der Waals surface area contributed by atoms with Gasteiger partial charge in [0.15, 0.2) is 0 Å². The Morgan fingerprint density at radius 1 is 1.33 bits per heavy atom. The highest BCUT2D eigenvalue weighted by Gasteiger charge is 2.28. The largest absolute Gasteiger partial charge is 0.390 e. The number of hydrogen-bond acceptors (Lipinski definition) is 3. The lowest BCUT2D eigenvalue weighted by molar-refractivity contribution is 0.0351. The molecular weight excluding hydrogens is 267 g/mol. The summed E-state index contributed by atoms with van der Waals surface area (Å²) in [6.07, 6.45) is 1.51. The van der Waals surface area contributed by atoms with Crippen molar-refractivity contribution >= 4 is 5.69 Å². The Balaban J connectivity index is 2.08. The first-order valence-electron chi connectivity index (χ1n) is 7.84. The lowest BCUT2D eigenvalue weighted by Crippen LogP contribution is -2.43. The summed E-state index contributed by atoms with van der Waals surface area (Å²) in [6.45, 7) is 9.44. The fourth-order valence-electron chi connectivity index (χ4n) is 2.73. The molecule has 0 saturated carbocycles. The number of nitrogens with one attached hydrogen (secondary N) is 1. The summed E-state index contributed by atoms with van der Waals surface area (Å²) in [5, 5.41) is 13.4. The second kappa shape index (κ2) is 6.75. The number of aliphatic hydroxyl groups is 1. The van der Waals surface area contributed by atoms with Gasteiger partial charge < -0.3 is 15.3 Å². The van der Waals surface area contributed by atoms with E-state index in [2.05, 4.69) is 24.1 Å². The zero-order valence-electron chi connectivity index (χ0n) is 13.3. The molecule has 3 nitrogen and oxygen atoms in total. The summed E-state index contributed by atoms with van der Waals surface area (Å²) in [5.74, 6) is 0.385. The molecule has 1 aliphatic rings. The number of hydrogen-bond donors (Lipinski definition) is 2. The number of piperidine rings is 1. The van der Waals surface area contributed by atoms with Crippen LogP contribution >= 0.6 is 0 Å². The van der Waals surface area contributed by atoms with Gasteiger partial charge in [0, 0.05) is 25.3 Å². The molecule has 1 aliphatic heterocycles. The van der Waals surface area contributed by atoms with Crippen molar-refractivity contribution in [3.8, 4) is 0 Å². The second-order valence-electron chi connectivity index (χ2n) is 6.78. The smallest absolute Gasteiger partial charge is 0.123 e. The van der Waals surface area contributed by atoms with Crippen LogP contribution in [0.3, 0.4) is 0 Å². The van der Waals surface area contributed by atoms with Crippen LogP contribution in [0.15, 0.2) is 18.2 Å². The van der Waals surface area contributed by atoms with Gasteiger partial charge in [-0.15, -0.1) is 0 Å². The van der Waals surface area contributed by atoms with E-state index in [4.69, 9.17) is 0 Å². The van der Waals surface area contributed by atoms with Crippen molar-refractivity contribution in [2.45, 2.75) is 45.8 Å². The molecule has 0 amide bonds. The van der Waals surface area contributed by atoms with Crippen LogP contribution < -0.4 is 10.2 Å². The third-order valence-corrected chi connectivity index (χ3v) is 4.09. The van der Waals surface area contributed by atoms with E-state index in [1.165, 1.54) is 6.07 Å². The molecule has 1 heterocycles. The number of halogens is 1. The summed E-state index contributed by atoms with van der Waals surface area (Å²) >= 11 is 0. The highest BCUT2D eigenvalue weighted by atomic mass is 19.1. The predicted octanol–water partition coefficient (Wildman–Crippen LogP) is 2.92. The van der Waals surface area contributed by atoms with Crippen LogP contribution in [0.5, 0.6) is 0 Å². The molecule has 0 aromatic heterocycles. The van der Waals surface area contributed by atoms with Gasteiger partial charge in [-0.05, 0) is 56.0 Å². The summed E-state index contributed by atoms with van der Waals surface area (Å²) in [4.78, 5) is 2.25. The Kier molecular flexibility index (Phi) is 5.22. The zero-order chi connectivity index (χ0) is 15.5. The summed E-state index contributed by atoms with van der Waals surface area (Å²) in [6, 6.07) is 5.01. The third kappa shape index (κ3) is 4.68. The van der Waals surface area contributed by atoms with Gasteiger partial charge in [-0.3, -0.25) is 0 Å². The minimum Gasteiger partial charge on any atom is -0.390 e. The molecule has 2 rings (SSSR count). The Morgan fingerprint density at radius 2 is 2.00 bits per heavy atom. The Labute approximate surface area is 127 Å². The fourth-order valence-corrected chi connectivity index (χ4v) is 2.73. The van der Waals surface area contributed by atoms with Crippen LogP contribution in [-0.4, -0.2) is 30.3 Å². The lowest BCUT2D eigenvalue weighted by Gasteiger charge is -2.38. The molecule has 0 spiro atoms. The molecule has 21 heavy (non-hydrogen) atoms. The normalized spacial score (nSPS) is 18.3. The summed E-state index contributed by atoms with van der Waals surface area (Å²) < 4.78 is 13.5. The first-order chi connectivity index (χ1) is 9.87. The maximum atomic E-state index is 13.5. The first-order valence-corrected chi connectivity index (χ1v) is 7.84. The topological polar surface area (TPSA) is 35.5 Å². The highest BCUT2D eigenvalue weighted by Crippen LogP contribution is 2.28.